The molecule has 2 heterocycles. The average molecular weight is 284 g/mol. The Hall–Kier alpha value is -1.17. The summed E-state index contributed by atoms with van der Waals surface area (Å²) >= 11 is 5.74. The van der Waals surface area contributed by atoms with E-state index >= 15 is 0 Å². The van der Waals surface area contributed by atoms with E-state index < -0.39 is 0 Å². The second-order valence-corrected chi connectivity index (χ2v) is 5.04. The first-order chi connectivity index (χ1) is 9.15. The van der Waals surface area contributed by atoms with Crippen molar-refractivity contribution in [3.05, 3.63) is 29.0 Å². The van der Waals surface area contributed by atoms with Crippen molar-refractivity contribution in [2.45, 2.75) is 6.54 Å². The first-order valence-electron chi connectivity index (χ1n) is 6.29. The fourth-order valence-corrected chi connectivity index (χ4v) is 2.12. The lowest BCUT2D eigenvalue weighted by Gasteiger charge is -2.28. The summed E-state index contributed by atoms with van der Waals surface area (Å²) in [5.41, 5.74) is 1.04. The first-order valence-corrected chi connectivity index (χ1v) is 6.67. The van der Waals surface area contributed by atoms with Gasteiger partial charge in [-0.05, 0) is 18.7 Å². The van der Waals surface area contributed by atoms with Gasteiger partial charge in [0.25, 0.3) is 0 Å². The third-order valence-electron chi connectivity index (χ3n) is 3.01. The van der Waals surface area contributed by atoms with Crippen LogP contribution in [0.15, 0.2) is 18.3 Å². The van der Waals surface area contributed by atoms with Crippen LogP contribution in [-0.2, 0) is 16.1 Å². The maximum atomic E-state index is 12.0. The second-order valence-electron chi connectivity index (χ2n) is 4.65. The van der Waals surface area contributed by atoms with Crippen molar-refractivity contribution < 1.29 is 9.53 Å². The van der Waals surface area contributed by atoms with Gasteiger partial charge in [-0.1, -0.05) is 17.7 Å². The van der Waals surface area contributed by atoms with Gasteiger partial charge < -0.3 is 9.64 Å². The Morgan fingerprint density at radius 2 is 2.21 bits per heavy atom. The lowest BCUT2D eigenvalue weighted by atomic mass is 10.2. The standard InChI is InChI=1S/C13H18ClN3O2/c1-16(9-11-2-3-12(14)15-8-11)10-13(18)17-4-6-19-7-5-17/h2-3,8H,4-7,9-10H2,1H3. The topological polar surface area (TPSA) is 45.7 Å². The molecule has 5 nitrogen and oxygen atoms in total. The Kier molecular flexibility index (Phi) is 5.13. The van der Waals surface area contributed by atoms with Crippen LogP contribution in [0.2, 0.25) is 5.15 Å². The molecule has 0 unspecified atom stereocenters. The Morgan fingerprint density at radius 1 is 1.47 bits per heavy atom. The average Bonchev–Trinajstić information content (AvgIpc) is 2.42. The minimum atomic E-state index is 0.146. The number of likely N-dealkylation sites (N-methyl/N-ethyl adjacent to an activating group) is 1. The summed E-state index contributed by atoms with van der Waals surface area (Å²) in [5.74, 6) is 0.146. The van der Waals surface area contributed by atoms with Crippen LogP contribution < -0.4 is 0 Å². The van der Waals surface area contributed by atoms with Gasteiger partial charge in [0, 0.05) is 25.8 Å². The summed E-state index contributed by atoms with van der Waals surface area (Å²) in [6, 6.07) is 3.68. The van der Waals surface area contributed by atoms with Gasteiger partial charge in [-0.3, -0.25) is 9.69 Å². The maximum absolute atomic E-state index is 12.0. The predicted octanol–water partition coefficient (Wildman–Crippen LogP) is 1.03. The number of hydrogen-bond acceptors (Lipinski definition) is 4. The number of pyridine rings is 1. The van der Waals surface area contributed by atoms with Crippen molar-refractivity contribution in [3.8, 4) is 0 Å². The van der Waals surface area contributed by atoms with Gasteiger partial charge in [-0.25, -0.2) is 4.98 Å². The molecular weight excluding hydrogens is 266 g/mol. The molecule has 1 aliphatic rings. The molecule has 6 heteroatoms. The smallest absolute Gasteiger partial charge is 0.236 e. The summed E-state index contributed by atoms with van der Waals surface area (Å²) in [6.07, 6.45) is 1.73. The number of ether oxygens (including phenoxy) is 1. The maximum Gasteiger partial charge on any atom is 0.236 e. The molecule has 0 bridgehead atoms. The Bertz CT molecular complexity index is 418. The zero-order valence-corrected chi connectivity index (χ0v) is 11.8. The Labute approximate surface area is 118 Å². The van der Waals surface area contributed by atoms with Gasteiger partial charge in [-0.15, -0.1) is 0 Å². The molecule has 104 valence electrons. The van der Waals surface area contributed by atoms with Gasteiger partial charge in [0.1, 0.15) is 5.15 Å². The van der Waals surface area contributed by atoms with E-state index in [9.17, 15) is 4.79 Å². The van der Waals surface area contributed by atoms with E-state index in [4.69, 9.17) is 16.3 Å². The van der Waals surface area contributed by atoms with E-state index in [1.807, 2.05) is 22.9 Å². The van der Waals surface area contributed by atoms with Crippen LogP contribution in [-0.4, -0.2) is 60.6 Å². The highest BCUT2D eigenvalue weighted by Crippen LogP contribution is 2.07. The SMILES string of the molecule is CN(CC(=O)N1CCOCC1)Cc1ccc(Cl)nc1. The molecule has 1 aromatic heterocycles. The second kappa shape index (κ2) is 6.84. The van der Waals surface area contributed by atoms with Gasteiger partial charge in [0.05, 0.1) is 19.8 Å². The predicted molar refractivity (Wildman–Crippen MR) is 73.0 cm³/mol. The van der Waals surface area contributed by atoms with Gasteiger partial charge in [0.15, 0.2) is 0 Å². The number of hydrogen-bond donors (Lipinski definition) is 0. The van der Waals surface area contributed by atoms with E-state index in [1.54, 1.807) is 12.3 Å². The highest BCUT2D eigenvalue weighted by molar-refractivity contribution is 6.29. The number of amides is 1. The van der Waals surface area contributed by atoms with Crippen molar-refractivity contribution in [1.29, 1.82) is 0 Å². The molecular formula is C13H18ClN3O2. The number of carbonyl (C=O) groups excluding carboxylic acids is 1. The molecule has 0 radical (unpaired) electrons. The van der Waals surface area contributed by atoms with Crippen molar-refractivity contribution in [1.82, 2.24) is 14.8 Å². The third kappa shape index (κ3) is 4.45. The monoisotopic (exact) mass is 283 g/mol. The summed E-state index contributed by atoms with van der Waals surface area (Å²) in [7, 11) is 1.92. The zero-order valence-electron chi connectivity index (χ0n) is 11.0. The largest absolute Gasteiger partial charge is 0.378 e. The summed E-state index contributed by atoms with van der Waals surface area (Å²) in [4.78, 5) is 19.9. The fourth-order valence-electron chi connectivity index (χ4n) is 2.01. The van der Waals surface area contributed by atoms with Crippen molar-refractivity contribution in [2.24, 2.45) is 0 Å². The lowest BCUT2D eigenvalue weighted by Crippen LogP contribution is -2.44. The molecule has 1 amide bonds. The minimum absolute atomic E-state index is 0.146. The number of rotatable bonds is 4. The molecule has 0 N–H and O–H groups in total. The van der Waals surface area contributed by atoms with Gasteiger partial charge >= 0.3 is 0 Å². The normalized spacial score (nSPS) is 15.8. The molecule has 0 aliphatic carbocycles. The van der Waals surface area contributed by atoms with Crippen LogP contribution in [0.4, 0.5) is 0 Å². The highest BCUT2D eigenvalue weighted by Gasteiger charge is 2.18. The van der Waals surface area contributed by atoms with Crippen LogP contribution in [0, 0.1) is 0 Å². The van der Waals surface area contributed by atoms with Gasteiger partial charge in [0.2, 0.25) is 5.91 Å². The van der Waals surface area contributed by atoms with Crippen LogP contribution in [0.25, 0.3) is 0 Å². The zero-order chi connectivity index (χ0) is 13.7. The highest BCUT2D eigenvalue weighted by atomic mass is 35.5. The Morgan fingerprint density at radius 3 is 2.84 bits per heavy atom. The lowest BCUT2D eigenvalue weighted by molar-refractivity contribution is -0.136. The van der Waals surface area contributed by atoms with E-state index in [-0.39, 0.29) is 5.91 Å². The van der Waals surface area contributed by atoms with Gasteiger partial charge in [-0.2, -0.15) is 0 Å². The van der Waals surface area contributed by atoms with E-state index in [2.05, 4.69) is 4.98 Å². The summed E-state index contributed by atoms with van der Waals surface area (Å²) in [6.45, 7) is 3.74. The molecule has 0 spiro atoms. The van der Waals surface area contributed by atoms with Crippen molar-refractivity contribution >= 4 is 17.5 Å². The van der Waals surface area contributed by atoms with Crippen LogP contribution >= 0.6 is 11.6 Å². The first kappa shape index (κ1) is 14.2. The minimum Gasteiger partial charge on any atom is -0.378 e. The van der Waals surface area contributed by atoms with Crippen molar-refractivity contribution in [2.75, 3.05) is 39.9 Å². The molecule has 1 saturated heterocycles. The number of nitrogens with zero attached hydrogens (tertiary/aromatic N) is 3. The van der Waals surface area contributed by atoms with Crippen LogP contribution in [0.1, 0.15) is 5.56 Å². The van der Waals surface area contributed by atoms with E-state index in [1.165, 1.54) is 0 Å². The number of morpholine rings is 1. The van der Waals surface area contributed by atoms with E-state index in [0.29, 0.717) is 44.5 Å². The Balaban J connectivity index is 1.81. The summed E-state index contributed by atoms with van der Waals surface area (Å²) < 4.78 is 5.23. The van der Waals surface area contributed by atoms with E-state index in [0.717, 1.165) is 5.56 Å². The molecule has 2 rings (SSSR count). The fraction of sp³-hybridized carbons (Fsp3) is 0.538. The molecule has 0 atom stereocenters. The third-order valence-corrected chi connectivity index (χ3v) is 3.23. The summed E-state index contributed by atoms with van der Waals surface area (Å²) in [5, 5.41) is 0.482. The quantitative estimate of drug-likeness (QED) is 0.774. The molecule has 0 saturated carbocycles. The molecule has 0 aromatic carbocycles. The molecule has 1 aliphatic heterocycles. The molecule has 1 fully saturated rings. The van der Waals surface area contributed by atoms with Crippen LogP contribution in [0.3, 0.4) is 0 Å². The molecule has 19 heavy (non-hydrogen) atoms. The van der Waals surface area contributed by atoms with Crippen molar-refractivity contribution in [3.63, 3.8) is 0 Å². The number of aromatic nitrogens is 1. The van der Waals surface area contributed by atoms with Crippen LogP contribution in [0.5, 0.6) is 0 Å². The molecule has 1 aromatic rings. The number of halogens is 1. The number of carbonyl (C=O) groups is 1.